The number of carbonyl (C=O) groups excluding carboxylic acids is 1. The summed E-state index contributed by atoms with van der Waals surface area (Å²) in [5.74, 6) is -0.869. The fraction of sp³-hybridized carbons (Fsp3) is 0.200. The first-order valence-electron chi connectivity index (χ1n) is 10.9. The number of halogens is 2. The van der Waals surface area contributed by atoms with E-state index >= 15 is 0 Å². The average Bonchev–Trinajstić information content (AvgIpc) is 3.32. The van der Waals surface area contributed by atoms with E-state index < -0.39 is 17.5 Å². The Morgan fingerprint density at radius 1 is 1.09 bits per heavy atom. The molecular weight excluding hydrogens is 440 g/mol. The Kier molecular flexibility index (Phi) is 5.75. The molecule has 0 aliphatic carbocycles. The smallest absolute Gasteiger partial charge is 0.260 e. The van der Waals surface area contributed by atoms with E-state index in [1.807, 2.05) is 16.8 Å². The number of aromatic nitrogens is 4. The normalized spacial score (nSPS) is 16.0. The van der Waals surface area contributed by atoms with Gasteiger partial charge in [0.15, 0.2) is 5.82 Å². The van der Waals surface area contributed by atoms with E-state index in [0.717, 1.165) is 18.7 Å². The van der Waals surface area contributed by atoms with E-state index in [1.165, 1.54) is 18.3 Å². The van der Waals surface area contributed by atoms with Crippen LogP contribution in [0.1, 0.15) is 36.2 Å². The van der Waals surface area contributed by atoms with Gasteiger partial charge in [-0.25, -0.2) is 18.7 Å². The van der Waals surface area contributed by atoms with Gasteiger partial charge in [0.25, 0.3) is 5.91 Å². The number of anilines is 1. The maximum Gasteiger partial charge on any atom is 0.260 e. The second kappa shape index (κ2) is 9.01. The summed E-state index contributed by atoms with van der Waals surface area (Å²) in [5, 5.41) is 2.74. The second-order valence-corrected chi connectivity index (χ2v) is 8.04. The quantitative estimate of drug-likeness (QED) is 0.418. The van der Waals surface area contributed by atoms with Gasteiger partial charge in [-0.15, -0.1) is 0 Å². The van der Waals surface area contributed by atoms with Gasteiger partial charge in [-0.05, 0) is 44.0 Å². The Bertz CT molecular complexity index is 1370. The van der Waals surface area contributed by atoms with Crippen molar-refractivity contribution in [1.82, 2.24) is 19.5 Å². The van der Waals surface area contributed by atoms with Gasteiger partial charge in [-0.1, -0.05) is 6.07 Å². The van der Waals surface area contributed by atoms with Crippen LogP contribution in [0.4, 0.5) is 14.6 Å². The van der Waals surface area contributed by atoms with E-state index in [0.29, 0.717) is 23.8 Å². The molecule has 1 aromatic carbocycles. The van der Waals surface area contributed by atoms with Crippen molar-refractivity contribution in [2.45, 2.75) is 25.8 Å². The van der Waals surface area contributed by atoms with E-state index in [1.54, 1.807) is 18.3 Å². The Labute approximate surface area is 194 Å². The monoisotopic (exact) mass is 461 g/mol. The van der Waals surface area contributed by atoms with Gasteiger partial charge in [0.2, 0.25) is 0 Å². The highest BCUT2D eigenvalue weighted by Crippen LogP contribution is 2.32. The number of amides is 1. The molecule has 1 N–H and O–H groups in total. The molecule has 1 amide bonds. The molecule has 34 heavy (non-hydrogen) atoms. The highest BCUT2D eigenvalue weighted by molar-refractivity contribution is 6.06. The van der Waals surface area contributed by atoms with Crippen LogP contribution in [0.2, 0.25) is 0 Å². The number of ether oxygens (including phenoxy) is 1. The van der Waals surface area contributed by atoms with Crippen LogP contribution in [0.5, 0.6) is 5.75 Å². The summed E-state index contributed by atoms with van der Waals surface area (Å²) in [6.45, 7) is 2.35. The van der Waals surface area contributed by atoms with Crippen molar-refractivity contribution in [3.05, 3.63) is 78.4 Å². The molecular formula is C25H21F2N5O2. The first-order valence-corrected chi connectivity index (χ1v) is 10.9. The van der Waals surface area contributed by atoms with Crippen molar-refractivity contribution in [3.63, 3.8) is 0 Å². The number of nitrogens with zero attached hydrogens (tertiary/aromatic N) is 4. The first kappa shape index (κ1) is 21.7. The SMILES string of the molecule is C[C@H]1CCCOc2cc(F)c(-c3ccncc3F)cc2C(=O)Nc2cccc(n2)-c2nccn21. The van der Waals surface area contributed by atoms with Crippen LogP contribution in [-0.2, 0) is 0 Å². The largest absolute Gasteiger partial charge is 0.493 e. The first-order chi connectivity index (χ1) is 16.5. The van der Waals surface area contributed by atoms with Crippen LogP contribution >= 0.6 is 0 Å². The summed E-state index contributed by atoms with van der Waals surface area (Å²) in [6.07, 6.45) is 7.40. The molecule has 1 aliphatic rings. The fourth-order valence-electron chi connectivity index (χ4n) is 4.03. The van der Waals surface area contributed by atoms with Gasteiger partial charge in [-0.2, -0.15) is 0 Å². The summed E-state index contributed by atoms with van der Waals surface area (Å²) >= 11 is 0. The minimum Gasteiger partial charge on any atom is -0.493 e. The number of benzene rings is 1. The van der Waals surface area contributed by atoms with E-state index in [9.17, 15) is 13.6 Å². The van der Waals surface area contributed by atoms with Crippen LogP contribution in [-0.4, -0.2) is 32.0 Å². The van der Waals surface area contributed by atoms with Crippen molar-refractivity contribution in [3.8, 4) is 28.4 Å². The van der Waals surface area contributed by atoms with Gasteiger partial charge in [-0.3, -0.25) is 9.78 Å². The van der Waals surface area contributed by atoms with E-state index in [4.69, 9.17) is 4.74 Å². The molecule has 0 saturated heterocycles. The highest BCUT2D eigenvalue weighted by atomic mass is 19.1. The molecule has 2 bridgehead atoms. The van der Waals surface area contributed by atoms with Crippen LogP contribution < -0.4 is 10.1 Å². The Morgan fingerprint density at radius 2 is 1.97 bits per heavy atom. The van der Waals surface area contributed by atoms with Gasteiger partial charge in [0.05, 0.1) is 18.4 Å². The molecule has 3 aromatic heterocycles. The second-order valence-electron chi connectivity index (χ2n) is 8.04. The standard InChI is InChI=1S/C25H21F2N5O2/c1-15-4-3-11-34-22-13-19(26)17(16-7-8-28-14-20(16)27)12-18(22)25(33)31-23-6-2-5-21(30-23)24-29-9-10-32(15)24/h2,5-10,12-15H,3-4,11H2,1H3,(H,30,31,33)/t15-/m0/s1. The molecule has 4 aromatic rings. The van der Waals surface area contributed by atoms with Gasteiger partial charge < -0.3 is 14.6 Å². The third-order valence-electron chi connectivity index (χ3n) is 5.76. The maximum absolute atomic E-state index is 15.0. The lowest BCUT2D eigenvalue weighted by Gasteiger charge is -2.19. The minimum absolute atomic E-state index is 0.00304. The van der Waals surface area contributed by atoms with Gasteiger partial charge in [0.1, 0.15) is 28.9 Å². The van der Waals surface area contributed by atoms with E-state index in [2.05, 4.69) is 27.2 Å². The highest BCUT2D eigenvalue weighted by Gasteiger charge is 2.21. The third kappa shape index (κ3) is 4.12. The predicted molar refractivity (Wildman–Crippen MR) is 122 cm³/mol. The van der Waals surface area contributed by atoms with Crippen molar-refractivity contribution in [2.24, 2.45) is 0 Å². The average molecular weight is 461 g/mol. The molecule has 0 saturated carbocycles. The molecule has 0 unspecified atom stereocenters. The van der Waals surface area contributed by atoms with Crippen LogP contribution in [0.15, 0.2) is 61.2 Å². The summed E-state index contributed by atoms with van der Waals surface area (Å²) in [5.41, 5.74) is 0.632. The van der Waals surface area contributed by atoms with Crippen molar-refractivity contribution in [2.75, 3.05) is 11.9 Å². The Balaban J connectivity index is 1.59. The summed E-state index contributed by atoms with van der Waals surface area (Å²) in [6, 6.07) is 9.14. The molecule has 172 valence electrons. The lowest BCUT2D eigenvalue weighted by atomic mass is 10.0. The van der Waals surface area contributed by atoms with Crippen LogP contribution in [0, 0.1) is 11.6 Å². The minimum atomic E-state index is -0.700. The molecule has 0 fully saturated rings. The summed E-state index contributed by atoms with van der Waals surface area (Å²) < 4.78 is 37.2. The zero-order valence-electron chi connectivity index (χ0n) is 18.3. The fourth-order valence-corrected chi connectivity index (χ4v) is 4.03. The topological polar surface area (TPSA) is 81.9 Å². The number of hydrogen-bond acceptors (Lipinski definition) is 5. The third-order valence-corrected chi connectivity index (χ3v) is 5.76. The molecule has 9 heteroatoms. The Morgan fingerprint density at radius 3 is 2.82 bits per heavy atom. The van der Waals surface area contributed by atoms with Crippen molar-refractivity contribution >= 4 is 11.7 Å². The van der Waals surface area contributed by atoms with Crippen LogP contribution in [0.25, 0.3) is 22.6 Å². The predicted octanol–water partition coefficient (Wildman–Crippen LogP) is 5.27. The number of fused-ring (bicyclic) bond motifs is 5. The molecule has 0 radical (unpaired) electrons. The molecule has 5 rings (SSSR count). The summed E-state index contributed by atoms with van der Waals surface area (Å²) in [4.78, 5) is 25.9. The van der Waals surface area contributed by atoms with Crippen molar-refractivity contribution < 1.29 is 18.3 Å². The van der Waals surface area contributed by atoms with Gasteiger partial charge in [0, 0.05) is 41.8 Å². The summed E-state index contributed by atoms with van der Waals surface area (Å²) in [7, 11) is 0. The molecule has 1 aliphatic heterocycles. The Hall–Kier alpha value is -4.14. The number of pyridine rings is 2. The zero-order chi connectivity index (χ0) is 23.7. The maximum atomic E-state index is 15.0. The van der Waals surface area contributed by atoms with E-state index in [-0.39, 0.29) is 35.1 Å². The number of nitrogens with one attached hydrogen (secondary N) is 1. The molecule has 4 heterocycles. The number of hydrogen-bond donors (Lipinski definition) is 1. The zero-order valence-corrected chi connectivity index (χ0v) is 18.3. The number of rotatable bonds is 1. The molecule has 7 nitrogen and oxygen atoms in total. The lowest BCUT2D eigenvalue weighted by molar-refractivity contribution is 0.102. The lowest BCUT2D eigenvalue weighted by Crippen LogP contribution is -2.17. The van der Waals surface area contributed by atoms with Crippen LogP contribution in [0.3, 0.4) is 0 Å². The molecule has 0 spiro atoms. The van der Waals surface area contributed by atoms with Gasteiger partial charge >= 0.3 is 0 Å². The number of carbonyl (C=O) groups is 1. The molecule has 1 atom stereocenters. The number of imidazole rings is 1. The van der Waals surface area contributed by atoms with Crippen molar-refractivity contribution in [1.29, 1.82) is 0 Å².